The monoisotopic (exact) mass is 166 g/mol. The molecular weight excluding hydrogens is 152 g/mol. The zero-order valence-electron chi connectivity index (χ0n) is 7.68. The number of rotatable bonds is 2. The molecule has 66 valence electrons. The highest BCUT2D eigenvalue weighted by molar-refractivity contribution is 5.76. The second-order valence-electron chi connectivity index (χ2n) is 2.98. The Hall–Kier alpha value is -1.32. The summed E-state index contributed by atoms with van der Waals surface area (Å²) in [4.78, 5) is 0. The fourth-order valence-corrected chi connectivity index (χ4v) is 1.10. The molecule has 0 spiro atoms. The molecule has 1 heterocycles. The van der Waals surface area contributed by atoms with Gasteiger partial charge in [-0.1, -0.05) is 0 Å². The van der Waals surface area contributed by atoms with Crippen LogP contribution in [-0.2, 0) is 6.54 Å². The van der Waals surface area contributed by atoms with E-state index >= 15 is 0 Å². The predicted octanol–water partition coefficient (Wildman–Crippen LogP) is 0.744. The largest absolute Gasteiger partial charge is 0.386 e. The molecule has 0 saturated heterocycles. The second-order valence-corrected chi connectivity index (χ2v) is 2.98. The van der Waals surface area contributed by atoms with Crippen molar-refractivity contribution in [2.24, 2.45) is 5.73 Å². The predicted molar refractivity (Wildman–Crippen MR) is 48.4 cm³/mol. The standard InChI is InChI=1S/C8H14N4/c1-5-6(2)11-12(7(5)3)4-8(9)10/h4H2,1-3H3,(H3,9,10). The summed E-state index contributed by atoms with van der Waals surface area (Å²) in [5.74, 6) is 0.139. The van der Waals surface area contributed by atoms with Gasteiger partial charge in [0.15, 0.2) is 0 Å². The number of hydrogen-bond donors (Lipinski definition) is 2. The van der Waals surface area contributed by atoms with Gasteiger partial charge in [-0.15, -0.1) is 0 Å². The lowest BCUT2D eigenvalue weighted by atomic mass is 10.2. The van der Waals surface area contributed by atoms with Gasteiger partial charge in [0.1, 0.15) is 5.84 Å². The maximum Gasteiger partial charge on any atom is 0.113 e. The highest BCUT2D eigenvalue weighted by atomic mass is 15.3. The van der Waals surface area contributed by atoms with Crippen LogP contribution in [0.15, 0.2) is 0 Å². The first kappa shape index (κ1) is 8.77. The normalized spacial score (nSPS) is 10.2. The third kappa shape index (κ3) is 1.47. The van der Waals surface area contributed by atoms with Crippen molar-refractivity contribution >= 4 is 5.84 Å². The molecule has 4 nitrogen and oxygen atoms in total. The smallest absolute Gasteiger partial charge is 0.113 e. The minimum absolute atomic E-state index is 0.139. The molecule has 12 heavy (non-hydrogen) atoms. The van der Waals surface area contributed by atoms with Gasteiger partial charge < -0.3 is 5.73 Å². The third-order valence-electron chi connectivity index (χ3n) is 2.06. The Bertz CT molecular complexity index is 311. The molecule has 0 saturated carbocycles. The number of aromatic nitrogens is 2. The molecule has 0 radical (unpaired) electrons. The van der Waals surface area contributed by atoms with E-state index in [0.717, 1.165) is 11.4 Å². The molecular formula is C8H14N4. The van der Waals surface area contributed by atoms with Crippen LogP contribution in [0.1, 0.15) is 17.0 Å². The fourth-order valence-electron chi connectivity index (χ4n) is 1.10. The van der Waals surface area contributed by atoms with E-state index in [1.165, 1.54) is 5.56 Å². The molecule has 0 amide bonds. The van der Waals surface area contributed by atoms with Crippen LogP contribution in [0.3, 0.4) is 0 Å². The summed E-state index contributed by atoms with van der Waals surface area (Å²) in [6, 6.07) is 0. The molecule has 3 N–H and O–H groups in total. The lowest BCUT2D eigenvalue weighted by Gasteiger charge is -2.01. The van der Waals surface area contributed by atoms with Crippen molar-refractivity contribution in [1.29, 1.82) is 5.41 Å². The van der Waals surface area contributed by atoms with Crippen LogP contribution in [0, 0.1) is 26.2 Å². The maximum atomic E-state index is 7.13. The molecule has 0 aliphatic rings. The molecule has 0 aliphatic carbocycles. The van der Waals surface area contributed by atoms with E-state index in [9.17, 15) is 0 Å². The van der Waals surface area contributed by atoms with Crippen LogP contribution in [0.2, 0.25) is 0 Å². The Morgan fingerprint density at radius 1 is 1.50 bits per heavy atom. The fraction of sp³-hybridized carbons (Fsp3) is 0.500. The first-order chi connectivity index (χ1) is 5.52. The SMILES string of the molecule is Cc1nn(CC(=N)N)c(C)c1C. The average Bonchev–Trinajstić information content (AvgIpc) is 2.17. The molecule has 0 aliphatic heterocycles. The van der Waals surface area contributed by atoms with Crippen molar-refractivity contribution in [3.05, 3.63) is 17.0 Å². The Labute approximate surface area is 71.9 Å². The minimum Gasteiger partial charge on any atom is -0.386 e. The van der Waals surface area contributed by atoms with Crippen molar-refractivity contribution in [1.82, 2.24) is 9.78 Å². The van der Waals surface area contributed by atoms with Gasteiger partial charge in [0.2, 0.25) is 0 Å². The number of aryl methyl sites for hydroxylation is 1. The number of hydrogen-bond acceptors (Lipinski definition) is 2. The van der Waals surface area contributed by atoms with Gasteiger partial charge in [-0.3, -0.25) is 10.1 Å². The average molecular weight is 166 g/mol. The lowest BCUT2D eigenvalue weighted by Crippen LogP contribution is -2.19. The zero-order valence-corrected chi connectivity index (χ0v) is 7.68. The molecule has 0 aromatic carbocycles. The Morgan fingerprint density at radius 3 is 2.42 bits per heavy atom. The summed E-state index contributed by atoms with van der Waals surface area (Å²) < 4.78 is 1.76. The zero-order chi connectivity index (χ0) is 9.30. The van der Waals surface area contributed by atoms with Crippen LogP contribution in [0.5, 0.6) is 0 Å². The van der Waals surface area contributed by atoms with Crippen LogP contribution in [0.4, 0.5) is 0 Å². The molecule has 4 heteroatoms. The van der Waals surface area contributed by atoms with Crippen molar-refractivity contribution in [2.75, 3.05) is 0 Å². The summed E-state index contributed by atoms with van der Waals surface area (Å²) in [5, 5.41) is 11.4. The third-order valence-corrected chi connectivity index (χ3v) is 2.06. The summed E-state index contributed by atoms with van der Waals surface area (Å²) in [7, 11) is 0. The quantitative estimate of drug-likeness (QED) is 0.502. The van der Waals surface area contributed by atoms with Crippen molar-refractivity contribution in [3.8, 4) is 0 Å². The van der Waals surface area contributed by atoms with Gasteiger partial charge in [0.25, 0.3) is 0 Å². The molecule has 1 aromatic rings. The van der Waals surface area contributed by atoms with Crippen LogP contribution >= 0.6 is 0 Å². The van der Waals surface area contributed by atoms with E-state index in [1.807, 2.05) is 20.8 Å². The van der Waals surface area contributed by atoms with Gasteiger partial charge >= 0.3 is 0 Å². The van der Waals surface area contributed by atoms with E-state index in [2.05, 4.69) is 5.10 Å². The van der Waals surface area contributed by atoms with Crippen LogP contribution in [0.25, 0.3) is 0 Å². The highest BCUT2D eigenvalue weighted by Gasteiger charge is 2.06. The summed E-state index contributed by atoms with van der Waals surface area (Å²) in [5.41, 5.74) is 8.55. The van der Waals surface area contributed by atoms with Crippen LogP contribution in [-0.4, -0.2) is 15.6 Å². The maximum absolute atomic E-state index is 7.13. The van der Waals surface area contributed by atoms with Crippen LogP contribution < -0.4 is 5.73 Å². The first-order valence-electron chi connectivity index (χ1n) is 3.86. The molecule has 0 fully saturated rings. The van der Waals surface area contributed by atoms with E-state index in [0.29, 0.717) is 6.54 Å². The van der Waals surface area contributed by atoms with E-state index in [4.69, 9.17) is 11.1 Å². The lowest BCUT2D eigenvalue weighted by molar-refractivity contribution is 0.686. The van der Waals surface area contributed by atoms with Gasteiger partial charge in [0.05, 0.1) is 12.2 Å². The first-order valence-corrected chi connectivity index (χ1v) is 3.86. The van der Waals surface area contributed by atoms with E-state index < -0.39 is 0 Å². The summed E-state index contributed by atoms with van der Waals surface area (Å²) in [6.45, 7) is 6.35. The van der Waals surface area contributed by atoms with Gasteiger partial charge in [-0.25, -0.2) is 0 Å². The van der Waals surface area contributed by atoms with Gasteiger partial charge in [-0.05, 0) is 26.3 Å². The minimum atomic E-state index is 0.139. The molecule has 0 bridgehead atoms. The van der Waals surface area contributed by atoms with Gasteiger partial charge in [-0.2, -0.15) is 5.10 Å². The highest BCUT2D eigenvalue weighted by Crippen LogP contribution is 2.09. The molecule has 0 atom stereocenters. The van der Waals surface area contributed by atoms with E-state index in [1.54, 1.807) is 4.68 Å². The molecule has 1 aromatic heterocycles. The number of nitrogens with one attached hydrogen (secondary N) is 1. The molecule has 1 rings (SSSR count). The molecule has 0 unspecified atom stereocenters. The van der Waals surface area contributed by atoms with Crippen molar-refractivity contribution in [2.45, 2.75) is 27.3 Å². The topological polar surface area (TPSA) is 67.7 Å². The van der Waals surface area contributed by atoms with E-state index in [-0.39, 0.29) is 5.84 Å². The number of nitrogens with two attached hydrogens (primary N) is 1. The summed E-state index contributed by atoms with van der Waals surface area (Å²) in [6.07, 6.45) is 0. The summed E-state index contributed by atoms with van der Waals surface area (Å²) >= 11 is 0. The van der Waals surface area contributed by atoms with Crippen molar-refractivity contribution in [3.63, 3.8) is 0 Å². The number of nitrogens with zero attached hydrogens (tertiary/aromatic N) is 2. The second kappa shape index (κ2) is 2.97. The van der Waals surface area contributed by atoms with Gasteiger partial charge in [0, 0.05) is 5.69 Å². The van der Waals surface area contributed by atoms with Crippen molar-refractivity contribution < 1.29 is 0 Å². The Kier molecular flexibility index (Phi) is 2.17. The Balaban J connectivity index is 3.01. The number of amidine groups is 1. The Morgan fingerprint density at radius 2 is 2.08 bits per heavy atom.